The lowest BCUT2D eigenvalue weighted by atomic mass is 10.2. The Morgan fingerprint density at radius 2 is 2.06 bits per heavy atom. The van der Waals surface area contributed by atoms with E-state index in [9.17, 15) is 4.79 Å². The molecule has 0 amide bonds. The summed E-state index contributed by atoms with van der Waals surface area (Å²) >= 11 is 6.07. The lowest BCUT2D eigenvalue weighted by Gasteiger charge is -2.04. The van der Waals surface area contributed by atoms with Crippen LogP contribution in [0.25, 0.3) is 5.69 Å². The van der Waals surface area contributed by atoms with Crippen LogP contribution < -0.4 is 0 Å². The van der Waals surface area contributed by atoms with Gasteiger partial charge in [-0.25, -0.2) is 4.68 Å². The molecular weight excluding hydrogens is 238 g/mol. The third-order valence-electron chi connectivity index (χ3n) is 2.56. The predicted octanol–water partition coefficient (Wildman–Crippen LogP) is 2.74. The van der Waals surface area contributed by atoms with Gasteiger partial charge in [-0.3, -0.25) is 9.78 Å². The van der Waals surface area contributed by atoms with Crippen molar-refractivity contribution in [1.29, 1.82) is 0 Å². The Morgan fingerprint density at radius 3 is 2.47 bits per heavy atom. The van der Waals surface area contributed by atoms with Crippen molar-refractivity contribution in [2.45, 2.75) is 20.8 Å². The van der Waals surface area contributed by atoms with Crippen LogP contribution in [-0.4, -0.2) is 20.5 Å². The van der Waals surface area contributed by atoms with E-state index < -0.39 is 0 Å². The van der Waals surface area contributed by atoms with E-state index in [-0.39, 0.29) is 5.78 Å². The third-order valence-corrected chi connectivity index (χ3v) is 3.10. The number of carbonyl (C=O) groups is 1. The number of aromatic nitrogens is 3. The number of hydrogen-bond donors (Lipinski definition) is 0. The zero-order valence-electron chi connectivity index (χ0n) is 9.86. The summed E-state index contributed by atoms with van der Waals surface area (Å²) in [5, 5.41) is 4.97. The molecule has 0 unspecified atom stereocenters. The molecule has 0 N–H and O–H groups in total. The molecule has 2 rings (SSSR count). The summed E-state index contributed by atoms with van der Waals surface area (Å²) in [6.07, 6.45) is 1.62. The van der Waals surface area contributed by atoms with Gasteiger partial charge in [-0.05, 0) is 26.0 Å². The second kappa shape index (κ2) is 4.30. The molecule has 0 atom stereocenters. The number of Topliss-reactive ketones (excluding diaryl/α,β-unsaturated/α-hetero) is 1. The van der Waals surface area contributed by atoms with Crippen LogP contribution in [0.2, 0.25) is 5.02 Å². The van der Waals surface area contributed by atoms with Crippen LogP contribution in [0, 0.1) is 13.8 Å². The Kier molecular flexibility index (Phi) is 2.98. The summed E-state index contributed by atoms with van der Waals surface area (Å²) in [5.74, 6) is -0.0528. The third kappa shape index (κ3) is 2.08. The largest absolute Gasteiger partial charge is 0.293 e. The van der Waals surface area contributed by atoms with Crippen LogP contribution in [0.5, 0.6) is 0 Å². The summed E-state index contributed by atoms with van der Waals surface area (Å²) in [6, 6.07) is 3.49. The number of nitrogens with zero attached hydrogens (tertiary/aromatic N) is 3. The molecule has 88 valence electrons. The van der Waals surface area contributed by atoms with Crippen LogP contribution in [0.4, 0.5) is 0 Å². The number of ketones is 1. The van der Waals surface area contributed by atoms with Gasteiger partial charge < -0.3 is 0 Å². The van der Waals surface area contributed by atoms with Gasteiger partial charge in [0.1, 0.15) is 5.69 Å². The van der Waals surface area contributed by atoms with E-state index in [0.29, 0.717) is 10.7 Å². The minimum absolute atomic E-state index is 0.0528. The van der Waals surface area contributed by atoms with Gasteiger partial charge in [0.05, 0.1) is 28.3 Å². The fraction of sp³-hybridized carbons (Fsp3) is 0.250. The fourth-order valence-corrected chi connectivity index (χ4v) is 1.71. The van der Waals surface area contributed by atoms with Crippen molar-refractivity contribution in [1.82, 2.24) is 14.8 Å². The maximum absolute atomic E-state index is 11.1. The number of halogens is 1. The van der Waals surface area contributed by atoms with Crippen molar-refractivity contribution in [2.75, 3.05) is 0 Å². The fourth-order valence-electron chi connectivity index (χ4n) is 1.59. The Balaban J connectivity index is 2.47. The number of rotatable bonds is 2. The second-order valence-electron chi connectivity index (χ2n) is 3.85. The van der Waals surface area contributed by atoms with Gasteiger partial charge in [0.2, 0.25) is 0 Å². The molecule has 2 aromatic rings. The van der Waals surface area contributed by atoms with Gasteiger partial charge in [0, 0.05) is 6.92 Å². The van der Waals surface area contributed by atoms with E-state index in [1.807, 2.05) is 13.8 Å². The Morgan fingerprint density at radius 1 is 1.35 bits per heavy atom. The van der Waals surface area contributed by atoms with Crippen LogP contribution in [0.3, 0.4) is 0 Å². The monoisotopic (exact) mass is 249 g/mol. The summed E-state index contributed by atoms with van der Waals surface area (Å²) in [5.41, 5.74) is 2.88. The minimum Gasteiger partial charge on any atom is -0.293 e. The normalized spacial score (nSPS) is 10.6. The molecule has 0 aliphatic rings. The molecule has 0 radical (unpaired) electrons. The van der Waals surface area contributed by atoms with Gasteiger partial charge in [-0.1, -0.05) is 11.6 Å². The number of hydrogen-bond acceptors (Lipinski definition) is 3. The molecule has 0 spiro atoms. The number of aryl methyl sites for hydroxylation is 1. The lowest BCUT2D eigenvalue weighted by molar-refractivity contribution is 0.101. The highest BCUT2D eigenvalue weighted by molar-refractivity contribution is 6.31. The summed E-state index contributed by atoms with van der Waals surface area (Å²) in [7, 11) is 0. The van der Waals surface area contributed by atoms with Crippen LogP contribution in [0.1, 0.15) is 28.8 Å². The van der Waals surface area contributed by atoms with Crippen molar-refractivity contribution < 1.29 is 4.79 Å². The Labute approximate surface area is 104 Å². The van der Waals surface area contributed by atoms with Crippen molar-refractivity contribution in [2.24, 2.45) is 0 Å². The zero-order chi connectivity index (χ0) is 12.6. The molecule has 2 aromatic heterocycles. The molecule has 0 aliphatic carbocycles. The van der Waals surface area contributed by atoms with Gasteiger partial charge in [-0.15, -0.1) is 0 Å². The van der Waals surface area contributed by atoms with Crippen LogP contribution >= 0.6 is 11.6 Å². The quantitative estimate of drug-likeness (QED) is 0.769. The Hall–Kier alpha value is -1.68. The molecule has 17 heavy (non-hydrogen) atoms. The van der Waals surface area contributed by atoms with Crippen molar-refractivity contribution in [3.05, 3.63) is 40.4 Å². The topological polar surface area (TPSA) is 47.8 Å². The van der Waals surface area contributed by atoms with E-state index in [0.717, 1.165) is 17.1 Å². The zero-order valence-corrected chi connectivity index (χ0v) is 10.6. The highest BCUT2D eigenvalue weighted by atomic mass is 35.5. The highest BCUT2D eigenvalue weighted by Crippen LogP contribution is 2.21. The first-order chi connectivity index (χ1) is 8.00. The molecule has 2 heterocycles. The first-order valence-electron chi connectivity index (χ1n) is 5.20. The average molecular weight is 250 g/mol. The van der Waals surface area contributed by atoms with E-state index >= 15 is 0 Å². The number of carbonyl (C=O) groups excluding carboxylic acids is 1. The second-order valence-corrected chi connectivity index (χ2v) is 4.23. The van der Waals surface area contributed by atoms with Crippen LogP contribution in [-0.2, 0) is 0 Å². The standard InChI is InChI=1S/C12H12ClN3O/c1-7-12(13)8(2)16(15-7)10-4-5-11(9(3)17)14-6-10/h4-6H,1-3H3. The van der Waals surface area contributed by atoms with Gasteiger partial charge in [0.25, 0.3) is 0 Å². The molecule has 0 bridgehead atoms. The SMILES string of the molecule is CC(=O)c1ccc(-n2nc(C)c(Cl)c2C)cn1. The predicted molar refractivity (Wildman–Crippen MR) is 65.8 cm³/mol. The van der Waals surface area contributed by atoms with Crippen molar-refractivity contribution in [3.8, 4) is 5.69 Å². The maximum Gasteiger partial charge on any atom is 0.178 e. The lowest BCUT2D eigenvalue weighted by Crippen LogP contribution is -2.02. The summed E-state index contributed by atoms with van der Waals surface area (Å²) in [6.45, 7) is 5.23. The maximum atomic E-state index is 11.1. The van der Waals surface area contributed by atoms with Gasteiger partial charge in [-0.2, -0.15) is 5.10 Å². The molecule has 0 saturated carbocycles. The Bertz CT molecular complexity index is 572. The minimum atomic E-state index is -0.0528. The molecule has 0 fully saturated rings. The summed E-state index contributed by atoms with van der Waals surface area (Å²) in [4.78, 5) is 15.2. The average Bonchev–Trinajstić information content (AvgIpc) is 2.57. The highest BCUT2D eigenvalue weighted by Gasteiger charge is 2.11. The number of pyridine rings is 1. The molecular formula is C12H12ClN3O. The first kappa shape index (κ1) is 11.8. The smallest absolute Gasteiger partial charge is 0.178 e. The molecule has 4 nitrogen and oxygen atoms in total. The first-order valence-corrected chi connectivity index (χ1v) is 5.57. The molecule has 5 heteroatoms. The van der Waals surface area contributed by atoms with Crippen LogP contribution in [0.15, 0.2) is 18.3 Å². The van der Waals surface area contributed by atoms with E-state index in [2.05, 4.69) is 10.1 Å². The molecule has 0 aromatic carbocycles. The van der Waals surface area contributed by atoms with Crippen molar-refractivity contribution in [3.63, 3.8) is 0 Å². The van der Waals surface area contributed by atoms with Crippen molar-refractivity contribution >= 4 is 17.4 Å². The van der Waals surface area contributed by atoms with E-state index in [1.165, 1.54) is 6.92 Å². The van der Waals surface area contributed by atoms with E-state index in [1.54, 1.807) is 23.0 Å². The molecule has 0 saturated heterocycles. The van der Waals surface area contributed by atoms with Gasteiger partial charge in [0.15, 0.2) is 5.78 Å². The van der Waals surface area contributed by atoms with Gasteiger partial charge >= 0.3 is 0 Å². The molecule has 0 aliphatic heterocycles. The van der Waals surface area contributed by atoms with E-state index in [4.69, 9.17) is 11.6 Å². The summed E-state index contributed by atoms with van der Waals surface area (Å²) < 4.78 is 1.72.